The fraction of sp³-hybridized carbons (Fsp3) is 0.154. The Labute approximate surface area is 94.9 Å². The number of primary amides is 1. The van der Waals surface area contributed by atoms with Crippen LogP contribution < -0.4 is 5.73 Å². The number of amides is 1. The van der Waals surface area contributed by atoms with Gasteiger partial charge in [-0.25, -0.2) is 0 Å². The van der Waals surface area contributed by atoms with Crippen LogP contribution in [0.2, 0.25) is 0 Å². The van der Waals surface area contributed by atoms with Crippen LogP contribution in [0.15, 0.2) is 31.4 Å². The first-order valence-corrected chi connectivity index (χ1v) is 4.88. The second kappa shape index (κ2) is 5.16. The molecule has 0 aliphatic heterocycles. The van der Waals surface area contributed by atoms with E-state index in [1.54, 1.807) is 18.2 Å². The molecule has 0 saturated heterocycles. The number of carbonyl (C=O) groups is 1. The predicted octanol–water partition coefficient (Wildman–Crippen LogP) is 1.75. The van der Waals surface area contributed by atoms with E-state index in [9.17, 15) is 9.90 Å². The van der Waals surface area contributed by atoms with Gasteiger partial charge in [-0.15, -0.1) is 13.2 Å². The molecule has 3 nitrogen and oxygen atoms in total. The number of hydrogen-bond donors (Lipinski definition) is 2. The molecule has 1 amide bonds. The Morgan fingerprint density at radius 3 is 2.56 bits per heavy atom. The average molecular weight is 216 g/mol. The second-order valence-electron chi connectivity index (χ2n) is 3.37. The van der Waals surface area contributed by atoms with Crippen LogP contribution in [0.25, 0.3) is 0 Å². The van der Waals surface area contributed by atoms with Gasteiger partial charge in [0.1, 0.15) is 5.75 Å². The summed E-state index contributed by atoms with van der Waals surface area (Å²) in [6.07, 6.45) is 4.18. The molecule has 83 valence electrons. The predicted molar refractivity (Wildman–Crippen MR) is 63.3 cm³/mol. The van der Waals surface area contributed by atoms with Gasteiger partial charge < -0.3 is 10.8 Å². The lowest BCUT2D eigenvalue weighted by Gasteiger charge is -2.10. The third-order valence-corrected chi connectivity index (χ3v) is 2.24. The van der Waals surface area contributed by atoms with Crippen molar-refractivity contribution in [2.24, 2.45) is 5.73 Å². The summed E-state index contributed by atoms with van der Waals surface area (Å²) in [4.78, 5) is 11.1. The number of allylic oxidation sites excluding steroid dienone is 2. The van der Waals surface area contributed by atoms with E-state index in [4.69, 9.17) is 5.73 Å². The Bertz CT molecular complexity index is 436. The van der Waals surface area contributed by atoms with Crippen LogP contribution in [0.4, 0.5) is 0 Å². The monoisotopic (exact) mass is 216 g/mol. The molecule has 16 heavy (non-hydrogen) atoms. The molecule has 1 radical (unpaired) electrons. The van der Waals surface area contributed by atoms with E-state index in [0.717, 1.165) is 0 Å². The van der Waals surface area contributed by atoms with E-state index in [1.807, 2.05) is 0 Å². The molecule has 0 atom stereocenters. The maximum absolute atomic E-state index is 11.1. The average Bonchev–Trinajstić information content (AvgIpc) is 2.24. The maximum Gasteiger partial charge on any atom is 0.249 e. The first kappa shape index (κ1) is 12.0. The van der Waals surface area contributed by atoms with Crippen LogP contribution in [0.3, 0.4) is 0 Å². The van der Waals surface area contributed by atoms with Crippen molar-refractivity contribution in [1.29, 1.82) is 0 Å². The molecule has 0 aliphatic carbocycles. The van der Waals surface area contributed by atoms with Gasteiger partial charge in [0, 0.05) is 5.56 Å². The van der Waals surface area contributed by atoms with Crippen LogP contribution in [-0.4, -0.2) is 11.0 Å². The fourth-order valence-electron chi connectivity index (χ4n) is 1.50. The lowest BCUT2D eigenvalue weighted by molar-refractivity contribution is 0.0999. The van der Waals surface area contributed by atoms with Crippen LogP contribution in [-0.2, 0) is 12.8 Å². The van der Waals surface area contributed by atoms with Gasteiger partial charge >= 0.3 is 0 Å². The van der Waals surface area contributed by atoms with Gasteiger partial charge in [-0.3, -0.25) is 4.79 Å². The van der Waals surface area contributed by atoms with Gasteiger partial charge in [-0.05, 0) is 30.5 Å². The number of hydrogen-bond acceptors (Lipinski definition) is 2. The zero-order valence-electron chi connectivity index (χ0n) is 8.99. The van der Waals surface area contributed by atoms with Crippen LogP contribution in [0.1, 0.15) is 21.5 Å². The number of carbonyl (C=O) groups excluding carboxylic acids is 1. The van der Waals surface area contributed by atoms with Crippen molar-refractivity contribution in [3.63, 3.8) is 0 Å². The molecule has 0 aliphatic rings. The van der Waals surface area contributed by atoms with Gasteiger partial charge in [-0.2, -0.15) is 0 Å². The summed E-state index contributed by atoms with van der Waals surface area (Å²) in [5, 5.41) is 9.96. The summed E-state index contributed by atoms with van der Waals surface area (Å²) in [5.74, 6) is -0.523. The van der Waals surface area contributed by atoms with E-state index in [0.29, 0.717) is 24.0 Å². The first-order valence-electron chi connectivity index (χ1n) is 4.88. The van der Waals surface area contributed by atoms with E-state index >= 15 is 0 Å². The SMILES string of the molecule is C=CCc1c[c]c(C(N)=O)c(CC=C)c1O. The maximum atomic E-state index is 11.1. The number of nitrogens with two attached hydrogens (primary N) is 1. The highest BCUT2D eigenvalue weighted by Crippen LogP contribution is 2.27. The molecule has 0 aromatic heterocycles. The molecular weight excluding hydrogens is 202 g/mol. The molecule has 0 unspecified atom stereocenters. The van der Waals surface area contributed by atoms with E-state index < -0.39 is 5.91 Å². The Morgan fingerprint density at radius 2 is 2.06 bits per heavy atom. The Kier molecular flexibility index (Phi) is 3.89. The minimum Gasteiger partial charge on any atom is -0.507 e. The van der Waals surface area contributed by atoms with Crippen molar-refractivity contribution < 1.29 is 9.90 Å². The van der Waals surface area contributed by atoms with Gasteiger partial charge in [0.05, 0.1) is 5.56 Å². The van der Waals surface area contributed by atoms with E-state index in [2.05, 4.69) is 19.2 Å². The van der Waals surface area contributed by atoms with Gasteiger partial charge in [0.25, 0.3) is 0 Å². The lowest BCUT2D eigenvalue weighted by atomic mass is 9.97. The molecule has 0 spiro atoms. The largest absolute Gasteiger partial charge is 0.507 e. The highest BCUT2D eigenvalue weighted by molar-refractivity contribution is 5.95. The molecule has 0 fully saturated rings. The standard InChI is InChI=1S/C13H14NO2/c1-3-5-9-7-8-11(13(14)16)10(6-4-2)12(9)15/h3-4,7,15H,1-2,5-6H2,(H2,14,16). The molecule has 0 saturated carbocycles. The molecule has 3 heteroatoms. The van der Waals surface area contributed by atoms with E-state index in [1.165, 1.54) is 0 Å². The van der Waals surface area contributed by atoms with Gasteiger partial charge in [-0.1, -0.05) is 12.2 Å². The van der Waals surface area contributed by atoms with Crippen molar-refractivity contribution >= 4 is 5.91 Å². The second-order valence-corrected chi connectivity index (χ2v) is 3.37. The molecule has 1 aromatic carbocycles. The number of aromatic hydroxyl groups is 1. The Hall–Kier alpha value is -2.03. The zero-order valence-corrected chi connectivity index (χ0v) is 8.99. The molecule has 1 aromatic rings. The highest BCUT2D eigenvalue weighted by atomic mass is 16.3. The van der Waals surface area contributed by atoms with Crippen LogP contribution >= 0.6 is 0 Å². The van der Waals surface area contributed by atoms with Crippen molar-refractivity contribution in [2.45, 2.75) is 12.8 Å². The van der Waals surface area contributed by atoms with Gasteiger partial charge in [0.2, 0.25) is 5.91 Å². The van der Waals surface area contributed by atoms with Crippen LogP contribution in [0.5, 0.6) is 5.75 Å². The minimum absolute atomic E-state index is 0.0763. The Morgan fingerprint density at radius 1 is 1.44 bits per heavy atom. The topological polar surface area (TPSA) is 63.3 Å². The summed E-state index contributed by atoms with van der Waals surface area (Å²) in [7, 11) is 0. The Balaban J connectivity index is 3.34. The van der Waals surface area contributed by atoms with Crippen molar-refractivity contribution in [3.05, 3.63) is 54.1 Å². The summed E-state index contributed by atoms with van der Waals surface area (Å²) >= 11 is 0. The number of phenolic OH excluding ortho intramolecular Hbond substituents is 1. The number of benzene rings is 1. The summed E-state index contributed by atoms with van der Waals surface area (Å²) in [6, 6.07) is 4.34. The molecule has 0 heterocycles. The molecule has 1 rings (SSSR count). The van der Waals surface area contributed by atoms with Gasteiger partial charge in [0.15, 0.2) is 0 Å². The minimum atomic E-state index is -0.600. The molecular formula is C13H14NO2. The fourth-order valence-corrected chi connectivity index (χ4v) is 1.50. The normalized spacial score (nSPS) is 9.75. The van der Waals surface area contributed by atoms with Crippen molar-refractivity contribution in [2.75, 3.05) is 0 Å². The molecule has 0 bridgehead atoms. The van der Waals surface area contributed by atoms with E-state index in [-0.39, 0.29) is 11.3 Å². The quantitative estimate of drug-likeness (QED) is 0.736. The highest BCUT2D eigenvalue weighted by Gasteiger charge is 2.14. The smallest absolute Gasteiger partial charge is 0.249 e. The summed E-state index contributed by atoms with van der Waals surface area (Å²) in [6.45, 7) is 7.17. The third-order valence-electron chi connectivity index (χ3n) is 2.24. The lowest BCUT2D eigenvalue weighted by Crippen LogP contribution is -2.14. The van der Waals surface area contributed by atoms with Crippen molar-refractivity contribution in [1.82, 2.24) is 0 Å². The third kappa shape index (κ3) is 2.31. The summed E-state index contributed by atoms with van der Waals surface area (Å²) < 4.78 is 0. The first-order chi connectivity index (χ1) is 7.61. The molecule has 3 N–H and O–H groups in total. The summed E-state index contributed by atoms with van der Waals surface area (Å²) in [5.41, 5.74) is 6.57. The zero-order chi connectivity index (χ0) is 12.1. The van der Waals surface area contributed by atoms with Crippen molar-refractivity contribution in [3.8, 4) is 5.75 Å². The number of phenols is 1. The number of rotatable bonds is 5. The van der Waals surface area contributed by atoms with Crippen LogP contribution in [0, 0.1) is 6.07 Å².